The number of rotatable bonds is 10. The highest BCUT2D eigenvalue weighted by Crippen LogP contribution is 2.35. The Morgan fingerprint density at radius 3 is 2.94 bits per heavy atom. The molecule has 0 aromatic carbocycles. The first-order valence-corrected chi connectivity index (χ1v) is 11.5. The van der Waals surface area contributed by atoms with Crippen LogP contribution >= 0.6 is 11.6 Å². The SMILES string of the molecule is C=CC(=O)N(C)[C@H]1C[C@H](Oc2nc(Nc3cnn(CC(O)NC(C)C)c3)nc3[nH]cc(Cl)c23)C1. The molecule has 3 aromatic heterocycles. The number of nitrogens with zero attached hydrogens (tertiary/aromatic N) is 5. The third kappa shape index (κ3) is 5.32. The van der Waals surface area contributed by atoms with E-state index in [-0.39, 0.29) is 24.1 Å². The van der Waals surface area contributed by atoms with Gasteiger partial charge in [-0.15, -0.1) is 0 Å². The maximum Gasteiger partial charge on any atom is 0.245 e. The van der Waals surface area contributed by atoms with Gasteiger partial charge in [0.2, 0.25) is 17.7 Å². The van der Waals surface area contributed by atoms with Crippen molar-refractivity contribution in [2.45, 2.75) is 57.6 Å². The molecule has 1 fully saturated rings. The average Bonchev–Trinajstić information content (AvgIpc) is 3.34. The maximum atomic E-state index is 11.8. The number of hydrogen-bond donors (Lipinski definition) is 4. The van der Waals surface area contributed by atoms with Gasteiger partial charge in [0.15, 0.2) is 0 Å². The van der Waals surface area contributed by atoms with Crippen LogP contribution in [-0.4, -0.2) is 72.1 Å². The average molecular weight is 489 g/mol. The molecule has 1 aliphatic rings. The summed E-state index contributed by atoms with van der Waals surface area (Å²) >= 11 is 6.34. The van der Waals surface area contributed by atoms with Gasteiger partial charge in [0.1, 0.15) is 18.0 Å². The van der Waals surface area contributed by atoms with Crippen molar-refractivity contribution in [2.24, 2.45) is 0 Å². The molecule has 1 aliphatic carbocycles. The molecule has 1 saturated carbocycles. The van der Waals surface area contributed by atoms with Crippen LogP contribution in [0.5, 0.6) is 5.88 Å². The summed E-state index contributed by atoms with van der Waals surface area (Å²) in [6.07, 6.45) is 6.89. The Morgan fingerprint density at radius 2 is 2.24 bits per heavy atom. The van der Waals surface area contributed by atoms with E-state index in [0.29, 0.717) is 53.0 Å². The third-order valence-corrected chi connectivity index (χ3v) is 5.94. The molecular formula is C22H29ClN8O3. The Morgan fingerprint density at radius 1 is 1.47 bits per heavy atom. The molecule has 1 unspecified atom stereocenters. The lowest BCUT2D eigenvalue weighted by molar-refractivity contribution is -0.130. The highest BCUT2D eigenvalue weighted by atomic mass is 35.5. The number of anilines is 2. The van der Waals surface area contributed by atoms with Crippen LogP contribution in [0.2, 0.25) is 5.02 Å². The molecule has 0 aliphatic heterocycles. The zero-order valence-corrected chi connectivity index (χ0v) is 20.1. The van der Waals surface area contributed by atoms with Crippen molar-refractivity contribution in [3.63, 3.8) is 0 Å². The number of halogens is 1. The molecule has 1 atom stereocenters. The fraction of sp³-hybridized carbons (Fsp3) is 0.455. The summed E-state index contributed by atoms with van der Waals surface area (Å²) in [4.78, 5) is 25.5. The predicted octanol–water partition coefficient (Wildman–Crippen LogP) is 2.42. The second-order valence-corrected chi connectivity index (χ2v) is 9.05. The number of ether oxygens (including phenoxy) is 1. The summed E-state index contributed by atoms with van der Waals surface area (Å²) in [5, 5.41) is 21.5. The third-order valence-electron chi connectivity index (χ3n) is 5.64. The monoisotopic (exact) mass is 488 g/mol. The van der Waals surface area contributed by atoms with E-state index in [1.807, 2.05) is 13.8 Å². The molecule has 1 amide bonds. The van der Waals surface area contributed by atoms with Crippen molar-refractivity contribution in [3.05, 3.63) is 36.3 Å². The second kappa shape index (κ2) is 10.00. The first-order chi connectivity index (χ1) is 16.2. The van der Waals surface area contributed by atoms with Crippen LogP contribution in [0.1, 0.15) is 26.7 Å². The topological polar surface area (TPSA) is 133 Å². The van der Waals surface area contributed by atoms with E-state index >= 15 is 0 Å². The van der Waals surface area contributed by atoms with Gasteiger partial charge in [0.05, 0.1) is 28.8 Å². The van der Waals surface area contributed by atoms with Crippen LogP contribution in [0.15, 0.2) is 31.2 Å². The number of carbonyl (C=O) groups excluding carboxylic acids is 1. The van der Waals surface area contributed by atoms with Gasteiger partial charge in [0, 0.05) is 44.4 Å². The van der Waals surface area contributed by atoms with Crippen LogP contribution in [0, 0.1) is 0 Å². The van der Waals surface area contributed by atoms with Gasteiger partial charge in [-0.3, -0.25) is 14.8 Å². The molecule has 0 bridgehead atoms. The summed E-state index contributed by atoms with van der Waals surface area (Å²) in [7, 11) is 1.76. The lowest BCUT2D eigenvalue weighted by Crippen LogP contribution is -2.49. The van der Waals surface area contributed by atoms with E-state index in [9.17, 15) is 9.90 Å². The van der Waals surface area contributed by atoms with Crippen molar-refractivity contribution in [2.75, 3.05) is 12.4 Å². The molecule has 12 heteroatoms. The van der Waals surface area contributed by atoms with Crippen LogP contribution < -0.4 is 15.4 Å². The van der Waals surface area contributed by atoms with E-state index in [1.54, 1.807) is 35.2 Å². The molecule has 0 spiro atoms. The van der Waals surface area contributed by atoms with E-state index in [2.05, 4.69) is 37.3 Å². The Bertz CT molecular complexity index is 1170. The van der Waals surface area contributed by atoms with Gasteiger partial charge in [-0.25, -0.2) is 0 Å². The summed E-state index contributed by atoms with van der Waals surface area (Å²) < 4.78 is 7.77. The summed E-state index contributed by atoms with van der Waals surface area (Å²) in [6, 6.07) is 0.252. The highest BCUT2D eigenvalue weighted by Gasteiger charge is 2.36. The highest BCUT2D eigenvalue weighted by molar-refractivity contribution is 6.35. The van der Waals surface area contributed by atoms with Gasteiger partial charge in [-0.05, 0) is 19.9 Å². The zero-order chi connectivity index (χ0) is 24.4. The molecule has 182 valence electrons. The van der Waals surface area contributed by atoms with Gasteiger partial charge >= 0.3 is 0 Å². The second-order valence-electron chi connectivity index (χ2n) is 8.64. The van der Waals surface area contributed by atoms with Crippen molar-refractivity contribution in [1.82, 2.24) is 34.9 Å². The number of fused-ring (bicyclic) bond motifs is 1. The predicted molar refractivity (Wildman–Crippen MR) is 129 cm³/mol. The number of H-pyrrole nitrogens is 1. The summed E-state index contributed by atoms with van der Waals surface area (Å²) in [5.41, 5.74) is 1.20. The number of aliphatic hydroxyl groups is 1. The lowest BCUT2D eigenvalue weighted by atomic mass is 9.88. The Balaban J connectivity index is 1.46. The fourth-order valence-corrected chi connectivity index (χ4v) is 4.03. The van der Waals surface area contributed by atoms with Gasteiger partial charge in [-0.2, -0.15) is 15.1 Å². The first-order valence-electron chi connectivity index (χ1n) is 11.1. The van der Waals surface area contributed by atoms with Crippen LogP contribution in [0.3, 0.4) is 0 Å². The quantitative estimate of drug-likeness (QED) is 0.252. The molecule has 11 nitrogen and oxygen atoms in total. The van der Waals surface area contributed by atoms with Crippen LogP contribution in [0.25, 0.3) is 11.0 Å². The number of aliphatic hydroxyl groups excluding tert-OH is 1. The number of carbonyl (C=O) groups is 1. The summed E-state index contributed by atoms with van der Waals surface area (Å²) in [5.74, 6) is 0.571. The van der Waals surface area contributed by atoms with Crippen molar-refractivity contribution < 1.29 is 14.6 Å². The van der Waals surface area contributed by atoms with E-state index < -0.39 is 6.23 Å². The van der Waals surface area contributed by atoms with Gasteiger partial charge in [-0.1, -0.05) is 18.2 Å². The number of nitrogens with one attached hydrogen (secondary N) is 3. The molecule has 34 heavy (non-hydrogen) atoms. The smallest absolute Gasteiger partial charge is 0.245 e. The molecule has 0 radical (unpaired) electrons. The standard InChI is InChI=1S/C22H29ClN8O3/c1-5-18(33)30(4)14-6-15(7-14)34-21-19-16(23)9-24-20(19)28-22(29-21)27-13-8-25-31(10-13)11-17(32)26-12(2)3/h5,8-10,12,14-15,17,26,32H,1,6-7,11H2,2-4H3,(H2,24,27,28,29)/t14-,15-,17?. The van der Waals surface area contributed by atoms with Crippen molar-refractivity contribution in [3.8, 4) is 5.88 Å². The number of likely N-dealkylation sites (N-methyl/N-ethyl adjacent to an activating group) is 1. The Labute approximate surface area is 202 Å². The molecule has 4 rings (SSSR count). The van der Waals surface area contributed by atoms with E-state index in [0.717, 1.165) is 0 Å². The lowest BCUT2D eigenvalue weighted by Gasteiger charge is -2.40. The van der Waals surface area contributed by atoms with Gasteiger partial charge in [0.25, 0.3) is 0 Å². The van der Waals surface area contributed by atoms with Crippen LogP contribution in [-0.2, 0) is 11.3 Å². The zero-order valence-electron chi connectivity index (χ0n) is 19.3. The number of aromatic amines is 1. The molecule has 0 saturated heterocycles. The van der Waals surface area contributed by atoms with Crippen molar-refractivity contribution in [1.29, 1.82) is 0 Å². The first kappa shape index (κ1) is 24.0. The largest absolute Gasteiger partial charge is 0.474 e. The normalized spacial score (nSPS) is 18.5. The molecule has 3 heterocycles. The Hall–Kier alpha value is -3.15. The van der Waals surface area contributed by atoms with Crippen LogP contribution in [0.4, 0.5) is 11.6 Å². The molecule has 3 aromatic rings. The molecular weight excluding hydrogens is 460 g/mol. The molecule has 4 N–H and O–H groups in total. The van der Waals surface area contributed by atoms with Crippen molar-refractivity contribution >= 4 is 40.2 Å². The van der Waals surface area contributed by atoms with Gasteiger partial charge < -0.3 is 25.0 Å². The minimum atomic E-state index is -0.714. The minimum absolute atomic E-state index is 0.0958. The number of hydrogen-bond acceptors (Lipinski definition) is 8. The van der Waals surface area contributed by atoms with E-state index in [4.69, 9.17) is 16.3 Å². The minimum Gasteiger partial charge on any atom is -0.474 e. The maximum absolute atomic E-state index is 11.8. The summed E-state index contributed by atoms with van der Waals surface area (Å²) in [6.45, 7) is 7.75. The Kier molecular flexibility index (Phi) is 7.05. The number of amides is 1. The number of aromatic nitrogens is 5. The fourth-order valence-electron chi connectivity index (χ4n) is 3.81. The van der Waals surface area contributed by atoms with E-state index in [1.165, 1.54) is 6.08 Å².